The molecule has 0 spiro atoms. The van der Waals surface area contributed by atoms with E-state index in [2.05, 4.69) is 19.7 Å². The van der Waals surface area contributed by atoms with Crippen LogP contribution in [0.3, 0.4) is 0 Å². The van der Waals surface area contributed by atoms with Crippen LogP contribution >= 0.6 is 0 Å². The van der Waals surface area contributed by atoms with Crippen LogP contribution in [-0.2, 0) is 14.8 Å². The van der Waals surface area contributed by atoms with Crippen LogP contribution in [0.1, 0.15) is 21.7 Å². The third kappa shape index (κ3) is 4.34. The zero-order chi connectivity index (χ0) is 21.1. The summed E-state index contributed by atoms with van der Waals surface area (Å²) in [6.45, 7) is 3.06. The summed E-state index contributed by atoms with van der Waals surface area (Å²) in [6.07, 6.45) is 0. The SMILES string of the molecule is COC(=O)c1cccc(C)c1S(=O)(=O)NC(=O)N(C)c1nc(C)nc(OC)n1. The van der Waals surface area contributed by atoms with E-state index in [0.29, 0.717) is 0 Å². The summed E-state index contributed by atoms with van der Waals surface area (Å²) < 4.78 is 37.0. The molecule has 150 valence electrons. The first-order chi connectivity index (χ1) is 13.1. The highest BCUT2D eigenvalue weighted by molar-refractivity contribution is 7.90. The van der Waals surface area contributed by atoms with E-state index in [4.69, 9.17) is 4.74 Å². The molecule has 0 atom stereocenters. The first kappa shape index (κ1) is 21.0. The molecule has 0 radical (unpaired) electrons. The molecule has 12 heteroatoms. The number of ether oxygens (including phenoxy) is 2. The average Bonchev–Trinajstić information content (AvgIpc) is 2.65. The Balaban J connectivity index is 2.39. The standard InChI is InChI=1S/C16H19N5O6S/c1-9-7-6-8-11(13(22)26-4)12(9)28(24,25)20-16(23)21(3)14-17-10(2)18-15(19-14)27-5/h6-8H,1-5H3,(H,20,23). The third-order valence-corrected chi connectivity index (χ3v) is 5.13. The maximum Gasteiger partial charge on any atom is 0.339 e. The number of anilines is 1. The van der Waals surface area contributed by atoms with Crippen LogP contribution in [-0.4, -0.2) is 56.6 Å². The molecule has 2 amide bonds. The number of aromatic nitrogens is 3. The molecule has 2 aromatic rings. The summed E-state index contributed by atoms with van der Waals surface area (Å²) in [6, 6.07) is 3.23. The molecular formula is C16H19N5O6S. The van der Waals surface area contributed by atoms with E-state index in [1.54, 1.807) is 6.92 Å². The molecule has 0 unspecified atom stereocenters. The second kappa shape index (κ2) is 8.17. The van der Waals surface area contributed by atoms with Crippen LogP contribution in [0.15, 0.2) is 23.1 Å². The lowest BCUT2D eigenvalue weighted by molar-refractivity contribution is 0.0596. The number of sulfonamides is 1. The number of esters is 1. The van der Waals surface area contributed by atoms with Crippen LogP contribution in [0.25, 0.3) is 0 Å². The van der Waals surface area contributed by atoms with Gasteiger partial charge in [0, 0.05) is 7.05 Å². The smallest absolute Gasteiger partial charge is 0.339 e. The van der Waals surface area contributed by atoms with Crippen molar-refractivity contribution in [1.29, 1.82) is 0 Å². The Labute approximate surface area is 161 Å². The van der Waals surface area contributed by atoms with Crippen molar-refractivity contribution in [3.8, 4) is 6.01 Å². The highest BCUT2D eigenvalue weighted by atomic mass is 32.2. The number of amides is 2. The van der Waals surface area contributed by atoms with Crippen LogP contribution in [0.4, 0.5) is 10.7 Å². The van der Waals surface area contributed by atoms with E-state index < -0.39 is 22.0 Å². The Kier molecular flexibility index (Phi) is 6.13. The minimum atomic E-state index is -4.40. The molecule has 0 saturated heterocycles. The van der Waals surface area contributed by atoms with E-state index in [9.17, 15) is 18.0 Å². The summed E-state index contributed by atoms with van der Waals surface area (Å²) in [5, 5.41) is 0. The Hall–Kier alpha value is -3.28. The van der Waals surface area contributed by atoms with Gasteiger partial charge in [0.05, 0.1) is 19.8 Å². The first-order valence-electron chi connectivity index (χ1n) is 7.85. The molecule has 1 heterocycles. The fraction of sp³-hybridized carbons (Fsp3) is 0.312. The molecule has 1 aromatic heterocycles. The lowest BCUT2D eigenvalue weighted by atomic mass is 10.1. The van der Waals surface area contributed by atoms with Crippen molar-refractivity contribution in [2.24, 2.45) is 0 Å². The van der Waals surface area contributed by atoms with E-state index in [1.165, 1.54) is 39.3 Å². The average molecular weight is 409 g/mol. The van der Waals surface area contributed by atoms with Gasteiger partial charge in [-0.05, 0) is 25.5 Å². The minimum Gasteiger partial charge on any atom is -0.467 e. The molecule has 2 rings (SSSR count). The predicted octanol–water partition coefficient (Wildman–Crippen LogP) is 0.818. The van der Waals surface area contributed by atoms with Gasteiger partial charge in [-0.2, -0.15) is 15.0 Å². The fourth-order valence-electron chi connectivity index (χ4n) is 2.29. The number of rotatable bonds is 5. The van der Waals surface area contributed by atoms with Crippen molar-refractivity contribution in [2.75, 3.05) is 26.2 Å². The van der Waals surface area contributed by atoms with Gasteiger partial charge in [0.1, 0.15) is 10.7 Å². The highest BCUT2D eigenvalue weighted by Crippen LogP contribution is 2.21. The maximum atomic E-state index is 12.8. The first-order valence-corrected chi connectivity index (χ1v) is 9.34. The van der Waals surface area contributed by atoms with Crippen molar-refractivity contribution >= 4 is 28.0 Å². The number of aryl methyl sites for hydroxylation is 2. The number of urea groups is 1. The molecular weight excluding hydrogens is 390 g/mol. The Morgan fingerprint density at radius 2 is 1.79 bits per heavy atom. The van der Waals surface area contributed by atoms with Gasteiger partial charge in [-0.25, -0.2) is 22.7 Å². The summed E-state index contributed by atoms with van der Waals surface area (Å²) in [7, 11) is -0.652. The number of carbonyl (C=O) groups is 2. The molecule has 1 N–H and O–H groups in total. The Bertz CT molecular complexity index is 1020. The van der Waals surface area contributed by atoms with Crippen molar-refractivity contribution in [2.45, 2.75) is 18.7 Å². The molecule has 11 nitrogen and oxygen atoms in total. The Morgan fingerprint density at radius 3 is 2.39 bits per heavy atom. The van der Waals surface area contributed by atoms with Crippen LogP contribution in [0, 0.1) is 13.8 Å². The van der Waals surface area contributed by atoms with E-state index in [1.807, 2.05) is 4.72 Å². The van der Waals surface area contributed by atoms with Gasteiger partial charge in [-0.3, -0.25) is 4.90 Å². The summed E-state index contributed by atoms with van der Waals surface area (Å²) in [4.78, 5) is 36.7. The molecule has 0 bridgehead atoms. The van der Waals surface area contributed by atoms with Gasteiger partial charge in [-0.1, -0.05) is 12.1 Å². The number of methoxy groups -OCH3 is 2. The molecule has 0 aliphatic heterocycles. The molecule has 28 heavy (non-hydrogen) atoms. The number of hydrogen-bond donors (Lipinski definition) is 1. The maximum absolute atomic E-state index is 12.8. The van der Waals surface area contributed by atoms with Crippen molar-refractivity contribution in [3.05, 3.63) is 35.2 Å². The zero-order valence-corrected chi connectivity index (χ0v) is 16.7. The predicted molar refractivity (Wildman–Crippen MR) is 97.8 cm³/mol. The van der Waals surface area contributed by atoms with Crippen molar-refractivity contribution < 1.29 is 27.5 Å². The van der Waals surface area contributed by atoms with Crippen LogP contribution in [0.5, 0.6) is 6.01 Å². The van der Waals surface area contributed by atoms with Gasteiger partial charge < -0.3 is 9.47 Å². The van der Waals surface area contributed by atoms with Crippen LogP contribution < -0.4 is 14.4 Å². The third-order valence-electron chi connectivity index (χ3n) is 3.61. The summed E-state index contributed by atoms with van der Waals surface area (Å²) >= 11 is 0. The number of nitrogens with zero attached hydrogens (tertiary/aromatic N) is 4. The minimum absolute atomic E-state index is 0.0307. The highest BCUT2D eigenvalue weighted by Gasteiger charge is 2.29. The summed E-state index contributed by atoms with van der Waals surface area (Å²) in [5.41, 5.74) is 0.0756. The van der Waals surface area contributed by atoms with E-state index in [0.717, 1.165) is 12.0 Å². The topological polar surface area (TPSA) is 141 Å². The number of carbonyl (C=O) groups excluding carboxylic acids is 2. The molecule has 0 fully saturated rings. The van der Waals surface area contributed by atoms with Gasteiger partial charge in [0.25, 0.3) is 10.0 Å². The number of benzene rings is 1. The van der Waals surface area contributed by atoms with Gasteiger partial charge in [-0.15, -0.1) is 0 Å². The zero-order valence-electron chi connectivity index (χ0n) is 15.9. The van der Waals surface area contributed by atoms with Gasteiger partial charge in [0.2, 0.25) is 5.95 Å². The second-order valence-corrected chi connectivity index (χ2v) is 7.20. The Morgan fingerprint density at radius 1 is 1.11 bits per heavy atom. The molecule has 0 aliphatic rings. The van der Waals surface area contributed by atoms with Crippen LogP contribution in [0.2, 0.25) is 0 Å². The molecule has 1 aromatic carbocycles. The van der Waals surface area contributed by atoms with E-state index in [-0.39, 0.29) is 33.8 Å². The number of nitrogens with one attached hydrogen (secondary N) is 1. The monoisotopic (exact) mass is 409 g/mol. The fourth-order valence-corrected chi connectivity index (χ4v) is 3.69. The second-order valence-electron chi connectivity index (χ2n) is 5.58. The lowest BCUT2D eigenvalue weighted by Crippen LogP contribution is -2.42. The molecule has 0 aliphatic carbocycles. The van der Waals surface area contributed by atoms with Gasteiger partial charge >= 0.3 is 18.0 Å². The quantitative estimate of drug-likeness (QED) is 0.710. The lowest BCUT2D eigenvalue weighted by Gasteiger charge is -2.18. The van der Waals surface area contributed by atoms with E-state index >= 15 is 0 Å². The number of hydrogen-bond acceptors (Lipinski definition) is 9. The van der Waals surface area contributed by atoms with Crippen molar-refractivity contribution in [3.63, 3.8) is 0 Å². The summed E-state index contributed by atoms with van der Waals surface area (Å²) in [5.74, 6) is -0.686. The normalized spacial score (nSPS) is 10.9. The largest absolute Gasteiger partial charge is 0.467 e. The molecule has 0 saturated carbocycles. The van der Waals surface area contributed by atoms with Crippen molar-refractivity contribution in [1.82, 2.24) is 19.7 Å². The van der Waals surface area contributed by atoms with Gasteiger partial charge in [0.15, 0.2) is 0 Å².